The Morgan fingerprint density at radius 3 is 2.27 bits per heavy atom. The lowest BCUT2D eigenvalue weighted by Gasteiger charge is -2.45. The zero-order chi connectivity index (χ0) is 15.7. The number of carbonyl (C=O) groups is 1. The first kappa shape index (κ1) is 14.6. The number of anilines is 1. The molecule has 2 aromatic rings. The van der Waals surface area contributed by atoms with Crippen LogP contribution in [0.1, 0.15) is 24.1 Å². The number of aryl methyl sites for hydroxylation is 1. The number of ether oxygens (including phenoxy) is 1. The van der Waals surface area contributed by atoms with Crippen LogP contribution in [-0.4, -0.2) is 19.1 Å². The molecule has 0 aliphatic carbocycles. The minimum atomic E-state index is -0.477. The maximum atomic E-state index is 12.2. The second-order valence-electron chi connectivity index (χ2n) is 5.47. The van der Waals surface area contributed by atoms with E-state index in [1.54, 1.807) is 12.0 Å². The van der Waals surface area contributed by atoms with Crippen LogP contribution in [0.4, 0.5) is 5.69 Å². The number of benzene rings is 2. The molecule has 2 N–H and O–H groups in total. The molecule has 2 atom stereocenters. The van der Waals surface area contributed by atoms with Crippen LogP contribution in [0.5, 0.6) is 5.75 Å². The van der Waals surface area contributed by atoms with Gasteiger partial charge in [-0.3, -0.25) is 4.79 Å². The summed E-state index contributed by atoms with van der Waals surface area (Å²) < 4.78 is 5.16. The molecule has 4 heteroatoms. The highest BCUT2D eigenvalue weighted by Gasteiger charge is 2.46. The van der Waals surface area contributed by atoms with Crippen molar-refractivity contribution in [2.75, 3.05) is 12.0 Å². The number of nitrogens with zero attached hydrogens (tertiary/aromatic N) is 1. The molecular weight excluding hydrogens is 276 g/mol. The van der Waals surface area contributed by atoms with Crippen LogP contribution in [0.3, 0.4) is 0 Å². The zero-order valence-corrected chi connectivity index (χ0v) is 12.8. The minimum Gasteiger partial charge on any atom is -0.497 e. The first-order valence-corrected chi connectivity index (χ1v) is 7.47. The molecule has 1 aliphatic rings. The Balaban J connectivity index is 1.89. The van der Waals surface area contributed by atoms with Crippen LogP contribution >= 0.6 is 0 Å². The van der Waals surface area contributed by atoms with Crippen molar-refractivity contribution in [1.82, 2.24) is 0 Å². The molecule has 0 saturated carbocycles. The van der Waals surface area contributed by atoms with Gasteiger partial charge in [-0.15, -0.1) is 0 Å². The number of methoxy groups -OCH3 is 1. The van der Waals surface area contributed by atoms with Crippen molar-refractivity contribution in [3.05, 3.63) is 59.7 Å². The van der Waals surface area contributed by atoms with E-state index in [9.17, 15) is 4.79 Å². The maximum Gasteiger partial charge on any atom is 0.247 e. The average molecular weight is 296 g/mol. The third-order valence-corrected chi connectivity index (χ3v) is 4.22. The maximum absolute atomic E-state index is 12.2. The Bertz CT molecular complexity index is 664. The molecule has 4 nitrogen and oxygen atoms in total. The molecule has 0 bridgehead atoms. The standard InChI is InChI=1S/C18H20N2O2/c1-3-12-4-6-13(7-5-12)17-16(19)18(21)20(17)14-8-10-15(22-2)11-9-14/h4-11,16-17H,3,19H2,1-2H3/t16-,17+/m1/s1. The van der Waals surface area contributed by atoms with E-state index in [1.165, 1.54) is 5.56 Å². The van der Waals surface area contributed by atoms with E-state index < -0.39 is 6.04 Å². The van der Waals surface area contributed by atoms with Crippen LogP contribution in [0, 0.1) is 0 Å². The predicted octanol–water partition coefficient (Wildman–Crippen LogP) is 2.67. The Morgan fingerprint density at radius 2 is 1.73 bits per heavy atom. The van der Waals surface area contributed by atoms with Crippen molar-refractivity contribution in [2.24, 2.45) is 5.73 Å². The Labute approximate surface area is 130 Å². The third-order valence-electron chi connectivity index (χ3n) is 4.22. The molecule has 1 fully saturated rings. The normalized spacial score (nSPS) is 20.7. The average Bonchev–Trinajstić information content (AvgIpc) is 2.59. The topological polar surface area (TPSA) is 55.6 Å². The summed E-state index contributed by atoms with van der Waals surface area (Å²) in [6, 6.07) is 15.2. The molecular formula is C18H20N2O2. The molecule has 1 saturated heterocycles. The van der Waals surface area contributed by atoms with E-state index in [0.717, 1.165) is 23.4 Å². The quantitative estimate of drug-likeness (QED) is 0.883. The SMILES string of the molecule is CCc1ccc([C@H]2[C@@H](N)C(=O)N2c2ccc(OC)cc2)cc1. The zero-order valence-electron chi connectivity index (χ0n) is 12.8. The molecule has 0 radical (unpaired) electrons. The lowest BCUT2D eigenvalue weighted by molar-refractivity contribution is -0.126. The highest BCUT2D eigenvalue weighted by molar-refractivity contribution is 6.05. The van der Waals surface area contributed by atoms with Crippen LogP contribution in [0.25, 0.3) is 0 Å². The van der Waals surface area contributed by atoms with Gasteiger partial charge in [0.25, 0.3) is 0 Å². The summed E-state index contributed by atoms with van der Waals surface area (Å²) in [5.74, 6) is 0.722. The monoisotopic (exact) mass is 296 g/mol. The van der Waals surface area contributed by atoms with Crippen molar-refractivity contribution >= 4 is 11.6 Å². The van der Waals surface area contributed by atoms with Crippen molar-refractivity contribution in [3.8, 4) is 5.75 Å². The molecule has 3 rings (SSSR count). The Hall–Kier alpha value is -2.33. The van der Waals surface area contributed by atoms with Crippen molar-refractivity contribution < 1.29 is 9.53 Å². The van der Waals surface area contributed by atoms with Crippen molar-refractivity contribution in [2.45, 2.75) is 25.4 Å². The number of nitrogens with two attached hydrogens (primary N) is 1. The highest BCUT2D eigenvalue weighted by Crippen LogP contribution is 2.38. The van der Waals surface area contributed by atoms with E-state index in [1.807, 2.05) is 24.3 Å². The second kappa shape index (κ2) is 5.81. The van der Waals surface area contributed by atoms with Gasteiger partial charge in [0.2, 0.25) is 5.91 Å². The van der Waals surface area contributed by atoms with Gasteiger partial charge < -0.3 is 15.4 Å². The number of hydrogen-bond donors (Lipinski definition) is 1. The van der Waals surface area contributed by atoms with Gasteiger partial charge >= 0.3 is 0 Å². The summed E-state index contributed by atoms with van der Waals surface area (Å²) in [4.78, 5) is 13.9. The van der Waals surface area contributed by atoms with Gasteiger partial charge in [0, 0.05) is 5.69 Å². The second-order valence-corrected chi connectivity index (χ2v) is 5.47. The molecule has 1 heterocycles. The first-order valence-electron chi connectivity index (χ1n) is 7.47. The van der Waals surface area contributed by atoms with E-state index in [0.29, 0.717) is 0 Å². The van der Waals surface area contributed by atoms with Crippen molar-refractivity contribution in [1.29, 1.82) is 0 Å². The van der Waals surface area contributed by atoms with Gasteiger partial charge in [0.1, 0.15) is 11.8 Å². The molecule has 0 spiro atoms. The van der Waals surface area contributed by atoms with Gasteiger partial charge in [-0.1, -0.05) is 31.2 Å². The van der Waals surface area contributed by atoms with E-state index >= 15 is 0 Å². The van der Waals surface area contributed by atoms with Crippen LogP contribution < -0.4 is 15.4 Å². The van der Waals surface area contributed by atoms with E-state index in [-0.39, 0.29) is 11.9 Å². The molecule has 2 aromatic carbocycles. The number of hydrogen-bond acceptors (Lipinski definition) is 3. The van der Waals surface area contributed by atoms with Crippen LogP contribution in [0.2, 0.25) is 0 Å². The smallest absolute Gasteiger partial charge is 0.247 e. The highest BCUT2D eigenvalue weighted by atomic mass is 16.5. The third kappa shape index (κ3) is 2.35. The lowest BCUT2D eigenvalue weighted by Crippen LogP contribution is -2.63. The summed E-state index contributed by atoms with van der Waals surface area (Å²) in [6.07, 6.45) is 0.998. The van der Waals surface area contributed by atoms with Gasteiger partial charge in [-0.2, -0.15) is 0 Å². The molecule has 1 aliphatic heterocycles. The molecule has 0 aromatic heterocycles. The predicted molar refractivity (Wildman–Crippen MR) is 87.0 cm³/mol. The summed E-state index contributed by atoms with van der Waals surface area (Å²) in [5, 5.41) is 0. The van der Waals surface area contributed by atoms with Crippen molar-refractivity contribution in [3.63, 3.8) is 0 Å². The Morgan fingerprint density at radius 1 is 1.09 bits per heavy atom. The number of β-lactam (4-membered cyclic amide) rings is 1. The summed E-state index contributed by atoms with van der Waals surface area (Å²) in [5.41, 5.74) is 9.23. The van der Waals surface area contributed by atoms with Gasteiger partial charge in [-0.25, -0.2) is 0 Å². The number of carbonyl (C=O) groups excluding carboxylic acids is 1. The number of amides is 1. The van der Waals surface area contributed by atoms with Gasteiger partial charge in [0.15, 0.2) is 0 Å². The Kier molecular flexibility index (Phi) is 3.86. The summed E-state index contributed by atoms with van der Waals surface area (Å²) in [7, 11) is 1.62. The molecule has 1 amide bonds. The summed E-state index contributed by atoms with van der Waals surface area (Å²) >= 11 is 0. The van der Waals surface area contributed by atoms with Crippen LogP contribution in [0.15, 0.2) is 48.5 Å². The summed E-state index contributed by atoms with van der Waals surface area (Å²) in [6.45, 7) is 2.12. The molecule has 0 unspecified atom stereocenters. The first-order chi connectivity index (χ1) is 10.7. The largest absolute Gasteiger partial charge is 0.497 e. The molecule has 114 valence electrons. The number of rotatable bonds is 4. The van der Waals surface area contributed by atoms with E-state index in [2.05, 4.69) is 31.2 Å². The van der Waals surface area contributed by atoms with Gasteiger partial charge in [0.05, 0.1) is 13.2 Å². The molecule has 22 heavy (non-hydrogen) atoms. The van der Waals surface area contributed by atoms with Crippen LogP contribution in [-0.2, 0) is 11.2 Å². The van der Waals surface area contributed by atoms with E-state index in [4.69, 9.17) is 10.5 Å². The lowest BCUT2D eigenvalue weighted by atomic mass is 9.88. The van der Waals surface area contributed by atoms with Gasteiger partial charge in [-0.05, 0) is 41.8 Å². The minimum absolute atomic E-state index is 0.0465. The fraction of sp³-hybridized carbons (Fsp3) is 0.278. The fourth-order valence-electron chi connectivity index (χ4n) is 2.85. The fourth-order valence-corrected chi connectivity index (χ4v) is 2.85.